The molecule has 1 atom stereocenters. The number of fused-ring (bicyclic) bond motifs is 1. The van der Waals surface area contributed by atoms with Gasteiger partial charge in [0.15, 0.2) is 6.10 Å². The predicted octanol–water partition coefficient (Wildman–Crippen LogP) is 4.79. The Labute approximate surface area is 137 Å². The van der Waals surface area contributed by atoms with Gasteiger partial charge in [-0.25, -0.2) is 9.78 Å². The Balaban J connectivity index is 1.79. The van der Waals surface area contributed by atoms with Crippen molar-refractivity contribution < 1.29 is 9.53 Å². The molecule has 0 aliphatic rings. The number of halogens is 2. The average molecular weight is 335 g/mol. The molecule has 0 amide bonds. The molecule has 0 aliphatic heterocycles. The lowest BCUT2D eigenvalue weighted by atomic mass is 10.2. The molecule has 0 spiro atoms. The predicted molar refractivity (Wildman–Crippen MR) is 86.4 cm³/mol. The van der Waals surface area contributed by atoms with Gasteiger partial charge in [-0.05, 0) is 37.3 Å². The second-order valence-corrected chi connectivity index (χ2v) is 5.63. The summed E-state index contributed by atoms with van der Waals surface area (Å²) < 4.78 is 5.41. The number of carbonyl (C=O) groups is 1. The highest BCUT2D eigenvalue weighted by Gasteiger charge is 2.17. The molecule has 1 unspecified atom stereocenters. The van der Waals surface area contributed by atoms with Gasteiger partial charge in [-0.1, -0.05) is 35.3 Å². The molecule has 2 aromatic carbocycles. The number of hydrogen-bond acceptors (Lipinski definition) is 3. The number of benzene rings is 2. The van der Waals surface area contributed by atoms with Crippen LogP contribution in [0.3, 0.4) is 0 Å². The number of esters is 1. The molecule has 1 heterocycles. The molecule has 6 heteroatoms. The fourth-order valence-electron chi connectivity index (χ4n) is 2.07. The van der Waals surface area contributed by atoms with E-state index in [-0.39, 0.29) is 0 Å². The van der Waals surface area contributed by atoms with Crippen LogP contribution in [0.5, 0.6) is 0 Å². The molecular weight excluding hydrogens is 323 g/mol. The SMILES string of the molecule is CC(OC(=O)c1ccc(Cl)c(Cl)c1)c1nc2ccccc2[nH]1. The summed E-state index contributed by atoms with van der Waals surface area (Å²) >= 11 is 11.7. The number of aromatic amines is 1. The number of rotatable bonds is 3. The van der Waals surface area contributed by atoms with Crippen molar-refractivity contribution in [3.05, 3.63) is 63.9 Å². The molecule has 0 saturated carbocycles. The number of hydrogen-bond donors (Lipinski definition) is 1. The van der Waals surface area contributed by atoms with Crippen LogP contribution >= 0.6 is 23.2 Å². The van der Waals surface area contributed by atoms with Gasteiger partial charge in [0.1, 0.15) is 5.82 Å². The summed E-state index contributed by atoms with van der Waals surface area (Å²) in [6, 6.07) is 12.2. The summed E-state index contributed by atoms with van der Waals surface area (Å²) in [5.74, 6) is 0.112. The zero-order valence-electron chi connectivity index (χ0n) is 11.6. The Kier molecular flexibility index (Phi) is 4.05. The number of nitrogens with zero attached hydrogens (tertiary/aromatic N) is 1. The maximum absolute atomic E-state index is 12.1. The maximum Gasteiger partial charge on any atom is 0.338 e. The third-order valence-electron chi connectivity index (χ3n) is 3.23. The van der Waals surface area contributed by atoms with Crippen LogP contribution in [0.1, 0.15) is 29.2 Å². The summed E-state index contributed by atoms with van der Waals surface area (Å²) in [6.07, 6.45) is -0.505. The summed E-state index contributed by atoms with van der Waals surface area (Å²) in [5.41, 5.74) is 2.07. The van der Waals surface area contributed by atoms with Gasteiger partial charge < -0.3 is 9.72 Å². The van der Waals surface area contributed by atoms with Crippen molar-refractivity contribution in [3.8, 4) is 0 Å². The first-order chi connectivity index (χ1) is 10.5. The Morgan fingerprint density at radius 2 is 1.95 bits per heavy atom. The molecule has 0 radical (unpaired) electrons. The number of ether oxygens (including phenoxy) is 1. The molecule has 0 fully saturated rings. The fraction of sp³-hybridized carbons (Fsp3) is 0.125. The lowest BCUT2D eigenvalue weighted by Gasteiger charge is -2.11. The molecule has 1 N–H and O–H groups in total. The monoisotopic (exact) mass is 334 g/mol. The van der Waals surface area contributed by atoms with E-state index >= 15 is 0 Å². The molecule has 4 nitrogen and oxygen atoms in total. The van der Waals surface area contributed by atoms with Gasteiger partial charge in [0, 0.05) is 0 Å². The standard InChI is InChI=1S/C16H12Cl2N2O2/c1-9(15-19-13-4-2-3-5-14(13)20-15)22-16(21)10-6-7-11(17)12(18)8-10/h2-9H,1H3,(H,19,20). The van der Waals surface area contributed by atoms with Gasteiger partial charge in [-0.3, -0.25) is 0 Å². The fourth-order valence-corrected chi connectivity index (χ4v) is 2.37. The van der Waals surface area contributed by atoms with Crippen LogP contribution in [0.2, 0.25) is 10.0 Å². The molecule has 0 aliphatic carbocycles. The van der Waals surface area contributed by atoms with E-state index < -0.39 is 12.1 Å². The van der Waals surface area contributed by atoms with Gasteiger partial charge in [-0.2, -0.15) is 0 Å². The van der Waals surface area contributed by atoms with E-state index in [1.807, 2.05) is 24.3 Å². The van der Waals surface area contributed by atoms with Gasteiger partial charge in [0.2, 0.25) is 0 Å². The molecule has 22 heavy (non-hydrogen) atoms. The lowest BCUT2D eigenvalue weighted by Crippen LogP contribution is -2.10. The van der Waals surface area contributed by atoms with Crippen LogP contribution in [0.4, 0.5) is 0 Å². The zero-order chi connectivity index (χ0) is 15.7. The van der Waals surface area contributed by atoms with Crippen LogP contribution in [0, 0.1) is 0 Å². The van der Waals surface area contributed by atoms with Crippen LogP contribution in [0.15, 0.2) is 42.5 Å². The van der Waals surface area contributed by atoms with Crippen molar-refractivity contribution in [1.82, 2.24) is 9.97 Å². The highest BCUT2D eigenvalue weighted by Crippen LogP contribution is 2.24. The Hall–Kier alpha value is -2.04. The van der Waals surface area contributed by atoms with E-state index in [4.69, 9.17) is 27.9 Å². The second-order valence-electron chi connectivity index (χ2n) is 4.82. The van der Waals surface area contributed by atoms with Gasteiger partial charge in [0.25, 0.3) is 0 Å². The van der Waals surface area contributed by atoms with E-state index in [1.54, 1.807) is 19.1 Å². The van der Waals surface area contributed by atoms with Crippen LogP contribution in [0.25, 0.3) is 11.0 Å². The van der Waals surface area contributed by atoms with E-state index in [0.29, 0.717) is 21.4 Å². The number of nitrogens with one attached hydrogen (secondary N) is 1. The number of imidazole rings is 1. The van der Waals surface area contributed by atoms with Gasteiger partial charge >= 0.3 is 5.97 Å². The topological polar surface area (TPSA) is 55.0 Å². The summed E-state index contributed by atoms with van der Waals surface area (Å²) in [7, 11) is 0. The minimum absolute atomic E-state index is 0.313. The molecule has 0 saturated heterocycles. The zero-order valence-corrected chi connectivity index (χ0v) is 13.2. The van der Waals surface area contributed by atoms with Crippen molar-refractivity contribution in [3.63, 3.8) is 0 Å². The van der Waals surface area contributed by atoms with Crippen molar-refractivity contribution >= 4 is 40.2 Å². The largest absolute Gasteiger partial charge is 0.451 e. The smallest absolute Gasteiger partial charge is 0.338 e. The third kappa shape index (κ3) is 2.93. The van der Waals surface area contributed by atoms with Crippen molar-refractivity contribution in [2.45, 2.75) is 13.0 Å². The Bertz CT molecular complexity index is 812. The minimum Gasteiger partial charge on any atom is -0.451 e. The summed E-state index contributed by atoms with van der Waals surface area (Å²) in [5, 5.41) is 0.705. The van der Waals surface area contributed by atoms with E-state index in [9.17, 15) is 4.79 Å². The van der Waals surface area contributed by atoms with E-state index in [0.717, 1.165) is 11.0 Å². The Morgan fingerprint density at radius 3 is 2.68 bits per heavy atom. The van der Waals surface area contributed by atoms with Crippen LogP contribution in [-0.4, -0.2) is 15.9 Å². The first kappa shape index (κ1) is 14.9. The highest BCUT2D eigenvalue weighted by molar-refractivity contribution is 6.42. The number of aromatic nitrogens is 2. The molecule has 3 aromatic rings. The quantitative estimate of drug-likeness (QED) is 0.700. The molecule has 112 valence electrons. The van der Waals surface area contributed by atoms with Crippen LogP contribution in [-0.2, 0) is 4.74 Å². The average Bonchev–Trinajstić information content (AvgIpc) is 2.94. The second kappa shape index (κ2) is 5.99. The molecule has 1 aromatic heterocycles. The number of carbonyl (C=O) groups excluding carboxylic acids is 1. The van der Waals surface area contributed by atoms with E-state index in [2.05, 4.69) is 9.97 Å². The molecular formula is C16H12Cl2N2O2. The highest BCUT2D eigenvalue weighted by atomic mass is 35.5. The summed E-state index contributed by atoms with van der Waals surface area (Å²) in [6.45, 7) is 1.76. The Morgan fingerprint density at radius 1 is 1.18 bits per heavy atom. The molecule has 0 bridgehead atoms. The minimum atomic E-state index is -0.505. The third-order valence-corrected chi connectivity index (χ3v) is 3.97. The number of para-hydroxylation sites is 2. The first-order valence-corrected chi connectivity index (χ1v) is 7.41. The van der Waals surface area contributed by atoms with Crippen molar-refractivity contribution in [2.75, 3.05) is 0 Å². The maximum atomic E-state index is 12.1. The lowest BCUT2D eigenvalue weighted by molar-refractivity contribution is 0.0322. The first-order valence-electron chi connectivity index (χ1n) is 6.65. The van der Waals surface area contributed by atoms with Gasteiger partial charge in [0.05, 0.1) is 26.6 Å². The normalized spacial score (nSPS) is 12.3. The van der Waals surface area contributed by atoms with Gasteiger partial charge in [-0.15, -0.1) is 0 Å². The van der Waals surface area contributed by atoms with E-state index in [1.165, 1.54) is 6.07 Å². The van der Waals surface area contributed by atoms with Crippen molar-refractivity contribution in [2.24, 2.45) is 0 Å². The summed E-state index contributed by atoms with van der Waals surface area (Å²) in [4.78, 5) is 19.7. The molecule has 3 rings (SSSR count). The number of H-pyrrole nitrogens is 1. The van der Waals surface area contributed by atoms with Crippen molar-refractivity contribution in [1.29, 1.82) is 0 Å². The van der Waals surface area contributed by atoms with Crippen LogP contribution < -0.4 is 0 Å².